The van der Waals surface area contributed by atoms with Crippen LogP contribution in [0.4, 0.5) is 36.0 Å². The zero-order valence-corrected chi connectivity index (χ0v) is 26.7. The Kier molecular flexibility index (Phi) is 9.36. The van der Waals surface area contributed by atoms with Crippen molar-refractivity contribution in [2.24, 2.45) is 0 Å². The fourth-order valence-electron chi connectivity index (χ4n) is 5.80. The Labute approximate surface area is 270 Å². The van der Waals surface area contributed by atoms with Crippen LogP contribution in [0.25, 0.3) is 21.9 Å². The molecule has 1 saturated carbocycles. The lowest BCUT2D eigenvalue weighted by Crippen LogP contribution is -2.46. The summed E-state index contributed by atoms with van der Waals surface area (Å²) < 4.78 is 33.0. The van der Waals surface area contributed by atoms with Crippen molar-refractivity contribution in [2.45, 2.75) is 78.0 Å². The van der Waals surface area contributed by atoms with Gasteiger partial charge >= 0.3 is 18.3 Å². The summed E-state index contributed by atoms with van der Waals surface area (Å²) in [6, 6.07) is 2.67. The van der Waals surface area contributed by atoms with Crippen LogP contribution in [0.15, 0.2) is 24.5 Å². The molecule has 47 heavy (non-hydrogen) atoms. The second-order valence-electron chi connectivity index (χ2n) is 12.4. The summed E-state index contributed by atoms with van der Waals surface area (Å²) in [4.78, 5) is 59.0. The number of carbonyl (C=O) groups excluding carboxylic acids is 3. The van der Waals surface area contributed by atoms with Gasteiger partial charge in [0.05, 0.1) is 18.3 Å². The van der Waals surface area contributed by atoms with E-state index in [0.29, 0.717) is 23.8 Å². The second kappa shape index (κ2) is 13.3. The number of benzene rings is 1. The number of pyridine rings is 2. The van der Waals surface area contributed by atoms with Crippen molar-refractivity contribution in [1.29, 1.82) is 0 Å². The normalized spacial score (nSPS) is 17.6. The lowest BCUT2D eigenvalue weighted by Gasteiger charge is -2.31. The van der Waals surface area contributed by atoms with Gasteiger partial charge in [0, 0.05) is 35.8 Å². The predicted octanol–water partition coefficient (Wildman–Crippen LogP) is 5.96. The molecule has 0 spiro atoms. The van der Waals surface area contributed by atoms with Crippen LogP contribution in [-0.2, 0) is 14.3 Å². The van der Waals surface area contributed by atoms with Crippen molar-refractivity contribution in [3.8, 4) is 17.0 Å². The van der Waals surface area contributed by atoms with Crippen LogP contribution in [0.2, 0.25) is 0 Å². The Morgan fingerprint density at radius 1 is 1.04 bits per heavy atom. The van der Waals surface area contributed by atoms with Crippen molar-refractivity contribution in [1.82, 2.24) is 15.3 Å². The molecule has 3 aromatic rings. The van der Waals surface area contributed by atoms with Gasteiger partial charge in [-0.3, -0.25) is 20.3 Å². The van der Waals surface area contributed by atoms with Crippen molar-refractivity contribution < 1.29 is 42.9 Å². The zero-order chi connectivity index (χ0) is 34.0. The zero-order valence-electron chi connectivity index (χ0n) is 26.7. The number of nitrogens with one attached hydrogen (secondary N) is 3. The minimum atomic E-state index is -1.21. The quantitative estimate of drug-likeness (QED) is 0.257. The fourth-order valence-corrected chi connectivity index (χ4v) is 5.80. The van der Waals surface area contributed by atoms with Crippen LogP contribution in [0.5, 0.6) is 5.88 Å². The number of carboxylic acid groups (broad SMARTS) is 1. The molecule has 1 aliphatic heterocycles. The number of hydrogen-bond acceptors (Lipinski definition) is 9. The number of fused-ring (bicyclic) bond motifs is 2. The number of carbonyl (C=O) groups is 4. The third kappa shape index (κ3) is 7.45. The van der Waals surface area contributed by atoms with Gasteiger partial charge in [-0.2, -0.15) is 0 Å². The maximum atomic E-state index is 16.4. The SMILES string of the molecule is CC(=O)NC1CCCCC1OC(=O)Nc1cc2cc(-c3cnc4c(c3C)N(C(=O)O)CCO4)c(F)c(NC(=O)OC(C)(C)C)c2cn1. The first-order chi connectivity index (χ1) is 22.2. The topological polar surface area (TPSA) is 181 Å². The third-order valence-corrected chi connectivity index (χ3v) is 7.78. The molecule has 1 aromatic carbocycles. The van der Waals surface area contributed by atoms with E-state index >= 15 is 4.39 Å². The summed E-state index contributed by atoms with van der Waals surface area (Å²) in [6.45, 7) is 8.20. The molecule has 2 atom stereocenters. The van der Waals surface area contributed by atoms with Gasteiger partial charge in [-0.15, -0.1) is 0 Å². The van der Waals surface area contributed by atoms with E-state index in [1.54, 1.807) is 27.7 Å². The highest BCUT2D eigenvalue weighted by atomic mass is 19.1. The number of aromatic nitrogens is 2. The van der Waals surface area contributed by atoms with Crippen LogP contribution in [0.1, 0.15) is 58.9 Å². The van der Waals surface area contributed by atoms with Gasteiger partial charge in [-0.05, 0) is 70.0 Å². The molecular weight excluding hydrogens is 615 g/mol. The van der Waals surface area contributed by atoms with Crippen LogP contribution < -0.4 is 25.6 Å². The molecule has 0 saturated heterocycles. The molecule has 4 amide bonds. The number of hydrogen-bond donors (Lipinski definition) is 4. The van der Waals surface area contributed by atoms with E-state index in [1.807, 2.05) is 0 Å². The summed E-state index contributed by atoms with van der Waals surface area (Å²) in [5.41, 5.74) is -0.303. The summed E-state index contributed by atoms with van der Waals surface area (Å²) in [6.07, 6.45) is 2.25. The van der Waals surface area contributed by atoms with Gasteiger partial charge in [0.2, 0.25) is 11.8 Å². The summed E-state index contributed by atoms with van der Waals surface area (Å²) in [5.74, 6) is -0.870. The third-order valence-electron chi connectivity index (χ3n) is 7.78. The van der Waals surface area contributed by atoms with E-state index in [9.17, 15) is 24.3 Å². The van der Waals surface area contributed by atoms with E-state index < -0.39 is 35.8 Å². The Balaban J connectivity index is 1.54. The first kappa shape index (κ1) is 33.2. The molecule has 15 heteroatoms. The average molecular weight is 653 g/mol. The van der Waals surface area contributed by atoms with Crippen molar-refractivity contribution in [3.05, 3.63) is 35.9 Å². The number of halogens is 1. The van der Waals surface area contributed by atoms with Gasteiger partial charge in [-0.25, -0.2) is 28.7 Å². The van der Waals surface area contributed by atoms with E-state index in [1.165, 1.54) is 31.5 Å². The average Bonchev–Trinajstić information content (AvgIpc) is 2.98. The molecule has 2 aromatic heterocycles. The molecule has 2 aliphatic rings. The van der Waals surface area contributed by atoms with Gasteiger partial charge in [0.25, 0.3) is 0 Å². The largest absolute Gasteiger partial charge is 0.474 e. The Bertz CT molecular complexity index is 1740. The summed E-state index contributed by atoms with van der Waals surface area (Å²) >= 11 is 0. The van der Waals surface area contributed by atoms with Gasteiger partial charge in [0.15, 0.2) is 5.82 Å². The van der Waals surface area contributed by atoms with E-state index in [0.717, 1.165) is 17.7 Å². The Morgan fingerprint density at radius 3 is 2.49 bits per heavy atom. The minimum absolute atomic E-state index is 0.00708. The van der Waals surface area contributed by atoms with Crippen molar-refractivity contribution >= 4 is 52.2 Å². The highest BCUT2D eigenvalue weighted by molar-refractivity contribution is 6.04. The molecule has 250 valence electrons. The monoisotopic (exact) mass is 652 g/mol. The number of anilines is 3. The van der Waals surface area contributed by atoms with Crippen molar-refractivity contribution in [2.75, 3.05) is 28.7 Å². The Hall–Kier alpha value is -5.21. The molecule has 3 heterocycles. The van der Waals surface area contributed by atoms with Gasteiger partial charge < -0.3 is 24.6 Å². The molecule has 2 unspecified atom stereocenters. The van der Waals surface area contributed by atoms with Crippen LogP contribution in [0.3, 0.4) is 0 Å². The lowest BCUT2D eigenvalue weighted by atomic mass is 9.92. The summed E-state index contributed by atoms with van der Waals surface area (Å²) in [7, 11) is 0. The van der Waals surface area contributed by atoms with E-state index in [2.05, 4.69) is 25.9 Å². The summed E-state index contributed by atoms with van der Waals surface area (Å²) in [5, 5.41) is 18.3. The number of rotatable bonds is 5. The molecule has 0 radical (unpaired) electrons. The maximum Gasteiger partial charge on any atom is 0.413 e. The van der Waals surface area contributed by atoms with Gasteiger partial charge in [-0.1, -0.05) is 6.42 Å². The smallest absolute Gasteiger partial charge is 0.413 e. The molecule has 14 nitrogen and oxygen atoms in total. The fraction of sp³-hybridized carbons (Fsp3) is 0.438. The highest BCUT2D eigenvalue weighted by Gasteiger charge is 2.31. The number of amides is 4. The lowest BCUT2D eigenvalue weighted by molar-refractivity contribution is -0.120. The predicted molar refractivity (Wildman–Crippen MR) is 170 cm³/mol. The minimum Gasteiger partial charge on any atom is -0.474 e. The van der Waals surface area contributed by atoms with Gasteiger partial charge in [0.1, 0.15) is 29.8 Å². The molecule has 4 N–H and O–H groups in total. The standard InChI is InChI=1S/C32H37FN6O8/c1-16-20(14-35-28-27(16)39(31(43)44)10-11-45-28)19-12-18-13-24(37-29(41)46-23-9-7-6-8-22(23)36-17(2)40)34-15-21(18)26(25(19)33)38-30(42)47-32(3,4)5/h12-15,22-23H,6-11H2,1-5H3,(H,36,40)(H,38,42)(H,43,44)(H,34,37,41). The van der Waals surface area contributed by atoms with Crippen LogP contribution in [-0.4, -0.2) is 70.2 Å². The number of ether oxygens (including phenoxy) is 3. The molecule has 1 fully saturated rings. The highest BCUT2D eigenvalue weighted by Crippen LogP contribution is 2.42. The molecule has 5 rings (SSSR count). The van der Waals surface area contributed by atoms with E-state index in [-0.39, 0.29) is 64.7 Å². The molecular formula is C32H37FN6O8. The van der Waals surface area contributed by atoms with E-state index in [4.69, 9.17) is 14.2 Å². The van der Waals surface area contributed by atoms with Crippen LogP contribution >= 0.6 is 0 Å². The first-order valence-corrected chi connectivity index (χ1v) is 15.2. The van der Waals surface area contributed by atoms with Crippen LogP contribution in [0, 0.1) is 12.7 Å². The second-order valence-corrected chi connectivity index (χ2v) is 12.4. The Morgan fingerprint density at radius 2 is 1.79 bits per heavy atom. The van der Waals surface area contributed by atoms with Crippen molar-refractivity contribution in [3.63, 3.8) is 0 Å². The maximum absolute atomic E-state index is 16.4. The first-order valence-electron chi connectivity index (χ1n) is 15.2. The molecule has 0 bridgehead atoms. The number of nitrogens with zero attached hydrogens (tertiary/aromatic N) is 3. The molecule has 1 aliphatic carbocycles.